The Bertz CT molecular complexity index is 519. The largest absolute Gasteiger partial charge is 0.324 e. The fraction of sp³-hybridized carbons (Fsp3) is 0.167. The molecule has 0 aliphatic carbocycles. The van der Waals surface area contributed by atoms with Crippen molar-refractivity contribution < 1.29 is 0 Å². The second-order valence-corrected chi connectivity index (χ2v) is 5.04. The van der Waals surface area contributed by atoms with Gasteiger partial charge in [-0.2, -0.15) is 0 Å². The van der Waals surface area contributed by atoms with Gasteiger partial charge in [-0.3, -0.25) is 9.97 Å². The van der Waals surface area contributed by atoms with E-state index in [4.69, 9.17) is 17.3 Å². The van der Waals surface area contributed by atoms with E-state index in [1.807, 2.05) is 12.1 Å². The Labute approximate surface area is 113 Å². The van der Waals surface area contributed by atoms with E-state index >= 15 is 0 Å². The van der Waals surface area contributed by atoms with Crippen molar-refractivity contribution in [1.29, 1.82) is 0 Å². The maximum Gasteiger partial charge on any atom is 0.0637 e. The van der Waals surface area contributed by atoms with E-state index in [0.29, 0.717) is 11.4 Å². The molecule has 2 aromatic heterocycles. The van der Waals surface area contributed by atoms with Crippen LogP contribution in [0, 0.1) is 0 Å². The number of hydrogen-bond donors (Lipinski definition) is 1. The quantitative estimate of drug-likeness (QED) is 0.947. The van der Waals surface area contributed by atoms with Crippen LogP contribution in [0.25, 0.3) is 0 Å². The lowest BCUT2D eigenvalue weighted by atomic mass is 10.0. The smallest absolute Gasteiger partial charge is 0.0637 e. The molecule has 0 aromatic carbocycles. The summed E-state index contributed by atoms with van der Waals surface area (Å²) >= 11 is 9.43. The zero-order valence-electron chi connectivity index (χ0n) is 8.98. The second-order valence-electron chi connectivity index (χ2n) is 3.72. The second kappa shape index (κ2) is 5.58. The van der Waals surface area contributed by atoms with Gasteiger partial charge in [0.2, 0.25) is 0 Å². The molecule has 0 fully saturated rings. The molecule has 2 aromatic rings. The molecule has 17 heavy (non-hydrogen) atoms. The molecule has 0 aliphatic rings. The van der Waals surface area contributed by atoms with Gasteiger partial charge >= 0.3 is 0 Å². The molecule has 0 aliphatic heterocycles. The topological polar surface area (TPSA) is 51.8 Å². The lowest BCUT2D eigenvalue weighted by molar-refractivity contribution is 0.718. The molecule has 0 saturated carbocycles. The molecule has 3 nitrogen and oxygen atoms in total. The van der Waals surface area contributed by atoms with Crippen molar-refractivity contribution in [2.45, 2.75) is 12.5 Å². The Balaban J connectivity index is 2.17. The molecular weight excluding hydrogens is 302 g/mol. The van der Waals surface area contributed by atoms with E-state index < -0.39 is 0 Å². The third-order valence-corrected chi connectivity index (χ3v) is 3.17. The van der Waals surface area contributed by atoms with E-state index in [0.717, 1.165) is 15.6 Å². The molecule has 88 valence electrons. The average Bonchev–Trinajstić information content (AvgIpc) is 2.29. The Hall–Kier alpha value is -0.970. The molecule has 0 spiro atoms. The molecule has 0 radical (unpaired) electrons. The van der Waals surface area contributed by atoms with E-state index in [9.17, 15) is 0 Å². The fourth-order valence-electron chi connectivity index (χ4n) is 1.62. The summed E-state index contributed by atoms with van der Waals surface area (Å²) < 4.78 is 0.947. The van der Waals surface area contributed by atoms with Crippen LogP contribution in [0.15, 0.2) is 41.4 Å². The number of rotatable bonds is 3. The predicted octanol–water partition coefficient (Wildman–Crippen LogP) is 3.14. The molecular formula is C12H11BrClN3. The fourth-order valence-corrected chi connectivity index (χ4v) is 2.29. The van der Waals surface area contributed by atoms with Crippen molar-refractivity contribution in [3.8, 4) is 0 Å². The van der Waals surface area contributed by atoms with Gasteiger partial charge in [0.15, 0.2) is 0 Å². The minimum atomic E-state index is -0.151. The van der Waals surface area contributed by atoms with Gasteiger partial charge in [0.25, 0.3) is 0 Å². The summed E-state index contributed by atoms with van der Waals surface area (Å²) in [6.07, 6.45) is 7.54. The van der Waals surface area contributed by atoms with E-state index in [2.05, 4.69) is 25.9 Å². The van der Waals surface area contributed by atoms with Crippen molar-refractivity contribution in [3.05, 3.63) is 57.5 Å². The number of aromatic nitrogens is 2. The van der Waals surface area contributed by atoms with Crippen molar-refractivity contribution >= 4 is 27.5 Å². The van der Waals surface area contributed by atoms with Gasteiger partial charge in [-0.05, 0) is 45.6 Å². The van der Waals surface area contributed by atoms with Crippen molar-refractivity contribution in [1.82, 2.24) is 9.97 Å². The highest BCUT2D eigenvalue weighted by Crippen LogP contribution is 2.23. The maximum absolute atomic E-state index is 6.12. The van der Waals surface area contributed by atoms with Gasteiger partial charge in [0, 0.05) is 35.3 Å². The van der Waals surface area contributed by atoms with Crippen LogP contribution in [-0.2, 0) is 6.42 Å². The number of pyridine rings is 2. The molecule has 5 heteroatoms. The number of hydrogen-bond acceptors (Lipinski definition) is 3. The zero-order chi connectivity index (χ0) is 12.3. The van der Waals surface area contributed by atoms with Crippen LogP contribution < -0.4 is 5.73 Å². The van der Waals surface area contributed by atoms with Crippen molar-refractivity contribution in [2.24, 2.45) is 5.73 Å². The summed E-state index contributed by atoms with van der Waals surface area (Å²) in [6.45, 7) is 0. The first kappa shape index (κ1) is 12.5. The first-order chi connectivity index (χ1) is 8.16. The third kappa shape index (κ3) is 3.25. The van der Waals surface area contributed by atoms with Gasteiger partial charge in [-0.1, -0.05) is 11.6 Å². The molecule has 0 saturated heterocycles. The highest BCUT2D eigenvalue weighted by Gasteiger charge is 2.11. The normalized spacial score (nSPS) is 12.4. The van der Waals surface area contributed by atoms with Crippen LogP contribution in [0.4, 0.5) is 0 Å². The first-order valence-electron chi connectivity index (χ1n) is 5.11. The lowest BCUT2D eigenvalue weighted by Crippen LogP contribution is -2.14. The standard InChI is InChI=1S/C12H11BrClN3/c13-9-3-8(5-17-6-9)4-12(15)10-1-2-16-7-11(10)14/h1-3,5-7,12H,4,15H2. The van der Waals surface area contributed by atoms with Crippen LogP contribution in [0.3, 0.4) is 0 Å². The first-order valence-corrected chi connectivity index (χ1v) is 6.28. The summed E-state index contributed by atoms with van der Waals surface area (Å²) in [5, 5.41) is 0.600. The Morgan fingerprint density at radius 3 is 2.82 bits per heavy atom. The summed E-state index contributed by atoms with van der Waals surface area (Å²) in [7, 11) is 0. The zero-order valence-corrected chi connectivity index (χ0v) is 11.3. The summed E-state index contributed by atoms with van der Waals surface area (Å²) in [5.74, 6) is 0. The highest BCUT2D eigenvalue weighted by atomic mass is 79.9. The van der Waals surface area contributed by atoms with Crippen LogP contribution in [0.2, 0.25) is 5.02 Å². The molecule has 0 amide bonds. The summed E-state index contributed by atoms with van der Waals surface area (Å²) in [6, 6.07) is 3.70. The van der Waals surface area contributed by atoms with E-state index in [-0.39, 0.29) is 6.04 Å². The lowest BCUT2D eigenvalue weighted by Gasteiger charge is -2.13. The van der Waals surface area contributed by atoms with E-state index in [1.54, 1.807) is 24.8 Å². The monoisotopic (exact) mass is 311 g/mol. The molecule has 1 unspecified atom stereocenters. The number of halogens is 2. The van der Waals surface area contributed by atoms with Crippen molar-refractivity contribution in [3.63, 3.8) is 0 Å². The Morgan fingerprint density at radius 2 is 2.12 bits per heavy atom. The Morgan fingerprint density at radius 1 is 1.29 bits per heavy atom. The van der Waals surface area contributed by atoms with Crippen LogP contribution in [0.1, 0.15) is 17.2 Å². The average molecular weight is 313 g/mol. The van der Waals surface area contributed by atoms with Gasteiger partial charge in [-0.15, -0.1) is 0 Å². The van der Waals surface area contributed by atoms with Crippen LogP contribution in [0.5, 0.6) is 0 Å². The highest BCUT2D eigenvalue weighted by molar-refractivity contribution is 9.10. The SMILES string of the molecule is NC(Cc1cncc(Br)c1)c1ccncc1Cl. The minimum absolute atomic E-state index is 0.151. The van der Waals surface area contributed by atoms with Gasteiger partial charge in [0.1, 0.15) is 0 Å². The van der Waals surface area contributed by atoms with Crippen LogP contribution >= 0.6 is 27.5 Å². The van der Waals surface area contributed by atoms with Gasteiger partial charge < -0.3 is 5.73 Å². The molecule has 0 bridgehead atoms. The number of nitrogens with zero attached hydrogens (tertiary/aromatic N) is 2. The molecule has 2 N–H and O–H groups in total. The number of nitrogens with two attached hydrogens (primary N) is 1. The van der Waals surface area contributed by atoms with Gasteiger partial charge in [-0.25, -0.2) is 0 Å². The predicted molar refractivity (Wildman–Crippen MR) is 71.8 cm³/mol. The Kier molecular flexibility index (Phi) is 4.10. The summed E-state index contributed by atoms with van der Waals surface area (Å²) in [4.78, 5) is 8.05. The summed E-state index contributed by atoms with van der Waals surface area (Å²) in [5.41, 5.74) is 8.10. The molecule has 2 heterocycles. The van der Waals surface area contributed by atoms with Crippen molar-refractivity contribution in [2.75, 3.05) is 0 Å². The van der Waals surface area contributed by atoms with Gasteiger partial charge in [0.05, 0.1) is 5.02 Å². The van der Waals surface area contributed by atoms with Crippen LogP contribution in [-0.4, -0.2) is 9.97 Å². The molecule has 2 rings (SSSR count). The third-order valence-electron chi connectivity index (χ3n) is 2.42. The van der Waals surface area contributed by atoms with E-state index in [1.165, 1.54) is 0 Å². The molecule has 1 atom stereocenters. The maximum atomic E-state index is 6.12. The minimum Gasteiger partial charge on any atom is -0.324 e.